The van der Waals surface area contributed by atoms with Gasteiger partial charge in [-0.05, 0) is 19.1 Å². The third-order valence-electron chi connectivity index (χ3n) is 4.37. The van der Waals surface area contributed by atoms with E-state index in [9.17, 15) is 14.9 Å². The summed E-state index contributed by atoms with van der Waals surface area (Å²) in [5, 5.41) is 10.8. The van der Waals surface area contributed by atoms with Crippen LogP contribution >= 0.6 is 11.3 Å². The second-order valence-electron chi connectivity index (χ2n) is 6.13. The van der Waals surface area contributed by atoms with Crippen molar-refractivity contribution in [2.24, 2.45) is 4.99 Å². The molecule has 0 atom stereocenters. The van der Waals surface area contributed by atoms with Crippen molar-refractivity contribution in [3.8, 4) is 11.5 Å². The average Bonchev–Trinajstić information content (AvgIpc) is 3.08. The number of carbonyl (C=O) groups is 1. The summed E-state index contributed by atoms with van der Waals surface area (Å²) in [7, 11) is 3.12. The number of nitrogens with zero attached hydrogens (tertiary/aromatic N) is 3. The van der Waals surface area contributed by atoms with E-state index in [-0.39, 0.29) is 11.3 Å². The Bertz CT molecular complexity index is 1130. The Labute approximate surface area is 176 Å². The molecule has 0 saturated carbocycles. The second-order valence-corrected chi connectivity index (χ2v) is 7.14. The van der Waals surface area contributed by atoms with Crippen LogP contribution in [-0.4, -0.2) is 42.8 Å². The fraction of sp³-hybridized carbons (Fsp3) is 0.300. The van der Waals surface area contributed by atoms with Gasteiger partial charge < -0.3 is 18.8 Å². The van der Waals surface area contributed by atoms with E-state index in [0.29, 0.717) is 36.1 Å². The lowest BCUT2D eigenvalue weighted by atomic mass is 10.2. The first kappa shape index (κ1) is 21.5. The Morgan fingerprint density at radius 1 is 1.17 bits per heavy atom. The number of aromatic nitrogens is 1. The van der Waals surface area contributed by atoms with E-state index in [1.54, 1.807) is 14.2 Å². The summed E-state index contributed by atoms with van der Waals surface area (Å²) in [4.78, 5) is 27.7. The summed E-state index contributed by atoms with van der Waals surface area (Å²) in [6.07, 6.45) is 0. The summed E-state index contributed by atoms with van der Waals surface area (Å²) < 4.78 is 19.0. The van der Waals surface area contributed by atoms with Gasteiger partial charge in [0.15, 0.2) is 16.3 Å². The van der Waals surface area contributed by atoms with Crippen molar-refractivity contribution in [3.05, 3.63) is 56.9 Å². The molecule has 158 valence electrons. The first-order chi connectivity index (χ1) is 14.5. The minimum atomic E-state index is -0.514. The number of nitro groups is 1. The molecule has 1 aromatic heterocycles. The summed E-state index contributed by atoms with van der Waals surface area (Å²) in [6, 6.07) is 9.04. The number of thiazole rings is 1. The maximum Gasteiger partial charge on any atom is 0.279 e. The summed E-state index contributed by atoms with van der Waals surface area (Å²) >= 11 is 1.34. The number of carbonyl (C=O) groups excluding carboxylic acids is 1. The van der Waals surface area contributed by atoms with Crippen LogP contribution in [0.3, 0.4) is 0 Å². The van der Waals surface area contributed by atoms with E-state index in [0.717, 1.165) is 10.2 Å². The van der Waals surface area contributed by atoms with E-state index >= 15 is 0 Å². The van der Waals surface area contributed by atoms with E-state index in [2.05, 4.69) is 4.99 Å². The molecule has 30 heavy (non-hydrogen) atoms. The third-order valence-corrected chi connectivity index (χ3v) is 5.41. The van der Waals surface area contributed by atoms with E-state index < -0.39 is 10.8 Å². The topological polar surface area (TPSA) is 105 Å². The number of ether oxygens (including phenoxy) is 3. The van der Waals surface area contributed by atoms with Crippen LogP contribution < -0.4 is 14.3 Å². The van der Waals surface area contributed by atoms with Gasteiger partial charge in [-0.2, -0.15) is 4.99 Å². The van der Waals surface area contributed by atoms with Gasteiger partial charge in [0.2, 0.25) is 0 Å². The van der Waals surface area contributed by atoms with Gasteiger partial charge in [-0.1, -0.05) is 11.3 Å². The quantitative estimate of drug-likeness (QED) is 0.307. The smallest absolute Gasteiger partial charge is 0.279 e. The van der Waals surface area contributed by atoms with Crippen molar-refractivity contribution in [3.63, 3.8) is 0 Å². The number of amides is 1. The molecule has 1 heterocycles. The minimum absolute atomic E-state index is 0.0839. The van der Waals surface area contributed by atoms with Crippen molar-refractivity contribution in [1.29, 1.82) is 0 Å². The van der Waals surface area contributed by atoms with Crippen LogP contribution in [0.1, 0.15) is 17.3 Å². The highest BCUT2D eigenvalue weighted by Crippen LogP contribution is 2.33. The lowest BCUT2D eigenvalue weighted by Gasteiger charge is -2.09. The van der Waals surface area contributed by atoms with Gasteiger partial charge in [0.1, 0.15) is 0 Å². The van der Waals surface area contributed by atoms with Crippen molar-refractivity contribution < 1.29 is 23.9 Å². The Morgan fingerprint density at radius 2 is 1.83 bits per heavy atom. The molecule has 10 heteroatoms. The lowest BCUT2D eigenvalue weighted by molar-refractivity contribution is -0.384. The van der Waals surface area contributed by atoms with Crippen molar-refractivity contribution in [2.75, 3.05) is 27.4 Å². The molecule has 9 nitrogen and oxygen atoms in total. The van der Waals surface area contributed by atoms with Gasteiger partial charge in [-0.15, -0.1) is 0 Å². The molecule has 0 unspecified atom stereocenters. The van der Waals surface area contributed by atoms with Gasteiger partial charge in [-0.3, -0.25) is 14.9 Å². The highest BCUT2D eigenvalue weighted by molar-refractivity contribution is 7.16. The average molecular weight is 431 g/mol. The predicted molar refractivity (Wildman–Crippen MR) is 112 cm³/mol. The van der Waals surface area contributed by atoms with E-state index in [4.69, 9.17) is 14.2 Å². The fourth-order valence-corrected chi connectivity index (χ4v) is 3.94. The van der Waals surface area contributed by atoms with Gasteiger partial charge in [0, 0.05) is 43.0 Å². The molecule has 0 radical (unpaired) electrons. The van der Waals surface area contributed by atoms with Crippen LogP contribution in [0.4, 0.5) is 5.69 Å². The number of benzene rings is 2. The van der Waals surface area contributed by atoms with Crippen LogP contribution in [0.25, 0.3) is 10.2 Å². The third kappa shape index (κ3) is 4.50. The normalized spacial score (nSPS) is 11.6. The first-order valence-corrected chi connectivity index (χ1v) is 9.96. The Kier molecular flexibility index (Phi) is 6.80. The standard InChI is InChI=1S/C20H21N3O6S/c1-4-29-10-9-22-15-11-16(27-2)17(28-3)12-18(15)30-20(22)21-19(24)13-5-7-14(8-6-13)23(25)26/h5-8,11-12H,4,9-10H2,1-3H3. The van der Waals surface area contributed by atoms with Gasteiger partial charge in [0.25, 0.3) is 11.6 Å². The molecule has 3 rings (SSSR count). The maximum absolute atomic E-state index is 12.7. The van der Waals surface area contributed by atoms with E-state index in [1.807, 2.05) is 23.6 Å². The number of fused-ring (bicyclic) bond motifs is 1. The number of non-ortho nitro benzene ring substituents is 1. The predicted octanol–water partition coefficient (Wildman–Crippen LogP) is 3.41. The van der Waals surface area contributed by atoms with Crippen LogP contribution in [0, 0.1) is 10.1 Å². The summed E-state index contributed by atoms with van der Waals surface area (Å²) in [5.74, 6) is 0.665. The molecule has 0 aliphatic carbocycles. The van der Waals surface area contributed by atoms with Crippen LogP contribution in [0.2, 0.25) is 0 Å². The van der Waals surface area contributed by atoms with Gasteiger partial charge in [0.05, 0.1) is 36.0 Å². The van der Waals surface area contributed by atoms with Crippen LogP contribution in [0.5, 0.6) is 11.5 Å². The van der Waals surface area contributed by atoms with Crippen molar-refractivity contribution in [1.82, 2.24) is 4.57 Å². The summed E-state index contributed by atoms with van der Waals surface area (Å²) in [6.45, 7) is 3.44. The number of rotatable bonds is 8. The largest absolute Gasteiger partial charge is 0.493 e. The van der Waals surface area contributed by atoms with E-state index in [1.165, 1.54) is 35.6 Å². The van der Waals surface area contributed by atoms with Crippen molar-refractivity contribution in [2.45, 2.75) is 13.5 Å². The molecule has 3 aromatic rings. The van der Waals surface area contributed by atoms with Crippen molar-refractivity contribution >= 4 is 33.1 Å². The summed E-state index contributed by atoms with van der Waals surface area (Å²) in [5.41, 5.74) is 1.02. The molecular weight excluding hydrogens is 410 g/mol. The molecular formula is C20H21N3O6S. The lowest BCUT2D eigenvalue weighted by Crippen LogP contribution is -2.19. The molecule has 0 aliphatic rings. The van der Waals surface area contributed by atoms with Gasteiger partial charge in [-0.25, -0.2) is 0 Å². The number of methoxy groups -OCH3 is 2. The van der Waals surface area contributed by atoms with Gasteiger partial charge >= 0.3 is 0 Å². The molecule has 2 aromatic carbocycles. The number of hydrogen-bond donors (Lipinski definition) is 0. The Balaban J connectivity index is 2.08. The highest BCUT2D eigenvalue weighted by Gasteiger charge is 2.14. The first-order valence-electron chi connectivity index (χ1n) is 9.15. The Morgan fingerprint density at radius 3 is 2.43 bits per heavy atom. The fourth-order valence-electron chi connectivity index (χ4n) is 2.88. The molecule has 0 saturated heterocycles. The number of nitro benzene ring substituents is 1. The molecule has 0 bridgehead atoms. The zero-order chi connectivity index (χ0) is 21.7. The van der Waals surface area contributed by atoms with Crippen LogP contribution in [-0.2, 0) is 11.3 Å². The zero-order valence-corrected chi connectivity index (χ0v) is 17.6. The number of hydrogen-bond acceptors (Lipinski definition) is 7. The second kappa shape index (κ2) is 9.51. The molecule has 1 amide bonds. The molecule has 0 N–H and O–H groups in total. The highest BCUT2D eigenvalue weighted by atomic mass is 32.1. The minimum Gasteiger partial charge on any atom is -0.493 e. The molecule has 0 aliphatic heterocycles. The molecule has 0 spiro atoms. The van der Waals surface area contributed by atoms with Crippen LogP contribution in [0.15, 0.2) is 41.4 Å². The molecule has 0 fully saturated rings. The zero-order valence-electron chi connectivity index (χ0n) is 16.8. The SMILES string of the molecule is CCOCCn1c(=NC(=O)c2ccc([N+](=O)[O-])cc2)sc2cc(OC)c(OC)cc21. The Hall–Kier alpha value is -3.24. The maximum atomic E-state index is 12.7. The monoisotopic (exact) mass is 431 g/mol.